The van der Waals surface area contributed by atoms with Crippen molar-refractivity contribution in [2.75, 3.05) is 31.2 Å². The quantitative estimate of drug-likeness (QED) is 0.856. The van der Waals surface area contributed by atoms with Crippen molar-refractivity contribution < 1.29 is 14.3 Å². The van der Waals surface area contributed by atoms with Gasteiger partial charge in [0.05, 0.1) is 19.3 Å². The van der Waals surface area contributed by atoms with Crippen LogP contribution in [0.25, 0.3) is 5.95 Å². The van der Waals surface area contributed by atoms with Crippen molar-refractivity contribution in [2.45, 2.75) is 39.3 Å². The van der Waals surface area contributed by atoms with Crippen LogP contribution in [0.2, 0.25) is 0 Å². The lowest BCUT2D eigenvalue weighted by molar-refractivity contribution is 0.0505. The van der Waals surface area contributed by atoms with Crippen molar-refractivity contribution >= 4 is 12.0 Å². The molecule has 0 radical (unpaired) electrons. The molecule has 0 aliphatic carbocycles. The highest BCUT2D eigenvalue weighted by molar-refractivity contribution is 5.68. The molecule has 0 unspecified atom stereocenters. The number of ether oxygens (including phenoxy) is 2. The molecule has 1 aliphatic rings. The topological polar surface area (TPSA) is 107 Å². The predicted molar refractivity (Wildman–Crippen MR) is 97.8 cm³/mol. The summed E-state index contributed by atoms with van der Waals surface area (Å²) >= 11 is 0. The minimum atomic E-state index is -0.584. The van der Waals surface area contributed by atoms with Gasteiger partial charge in [-0.15, -0.1) is 5.10 Å². The molecule has 0 bridgehead atoms. The van der Waals surface area contributed by atoms with Crippen molar-refractivity contribution in [1.82, 2.24) is 30.0 Å². The van der Waals surface area contributed by atoms with Gasteiger partial charge >= 0.3 is 6.09 Å². The first-order chi connectivity index (χ1) is 12.8. The van der Waals surface area contributed by atoms with Gasteiger partial charge in [0.15, 0.2) is 5.82 Å². The van der Waals surface area contributed by atoms with E-state index < -0.39 is 17.7 Å². The first-order valence-electron chi connectivity index (χ1n) is 8.90. The van der Waals surface area contributed by atoms with Gasteiger partial charge in [-0.05, 0) is 33.8 Å². The van der Waals surface area contributed by atoms with E-state index in [4.69, 9.17) is 9.47 Å². The van der Waals surface area contributed by atoms with Crippen molar-refractivity contribution in [3.05, 3.63) is 24.3 Å². The van der Waals surface area contributed by atoms with Gasteiger partial charge in [-0.2, -0.15) is 9.67 Å². The molecule has 2 aromatic rings. The van der Waals surface area contributed by atoms with Crippen LogP contribution in [0, 0.1) is 0 Å². The maximum Gasteiger partial charge on any atom is 0.408 e. The summed E-state index contributed by atoms with van der Waals surface area (Å²) < 4.78 is 12.3. The SMILES string of the molecule is C[C@H](NC(=O)OC(C)(C)C)c1nc(N2CCOCC2)nn1-c1ncccn1. The average molecular weight is 375 g/mol. The molecule has 10 nitrogen and oxygen atoms in total. The maximum atomic E-state index is 12.1. The van der Waals surface area contributed by atoms with Crippen molar-refractivity contribution in [1.29, 1.82) is 0 Å². The predicted octanol–water partition coefficient (Wildman–Crippen LogP) is 1.48. The second kappa shape index (κ2) is 7.87. The molecule has 0 aromatic carbocycles. The monoisotopic (exact) mass is 375 g/mol. The number of hydrogen-bond acceptors (Lipinski definition) is 8. The van der Waals surface area contributed by atoms with Crippen LogP contribution >= 0.6 is 0 Å². The second-order valence-electron chi connectivity index (χ2n) is 7.20. The van der Waals surface area contributed by atoms with Gasteiger partial charge < -0.3 is 19.7 Å². The molecule has 146 valence electrons. The number of alkyl carbamates (subject to hydrolysis) is 1. The van der Waals surface area contributed by atoms with Gasteiger partial charge in [0.1, 0.15) is 5.60 Å². The Morgan fingerprint density at radius 2 is 1.89 bits per heavy atom. The van der Waals surface area contributed by atoms with Crippen LogP contribution < -0.4 is 10.2 Å². The lowest BCUT2D eigenvalue weighted by Gasteiger charge is -2.25. The van der Waals surface area contributed by atoms with E-state index in [0.717, 1.165) is 0 Å². The second-order valence-corrected chi connectivity index (χ2v) is 7.20. The van der Waals surface area contributed by atoms with E-state index in [9.17, 15) is 4.79 Å². The van der Waals surface area contributed by atoms with Crippen molar-refractivity contribution in [3.63, 3.8) is 0 Å². The van der Waals surface area contributed by atoms with Gasteiger partial charge in [0.25, 0.3) is 5.95 Å². The fourth-order valence-electron chi connectivity index (χ4n) is 2.59. The molecule has 27 heavy (non-hydrogen) atoms. The molecule has 1 aliphatic heterocycles. The Balaban J connectivity index is 1.87. The Bertz CT molecular complexity index is 767. The van der Waals surface area contributed by atoms with E-state index in [1.165, 1.54) is 0 Å². The third-order valence-electron chi connectivity index (χ3n) is 3.78. The molecule has 1 amide bonds. The van der Waals surface area contributed by atoms with Gasteiger partial charge in [-0.25, -0.2) is 14.8 Å². The van der Waals surface area contributed by atoms with E-state index in [-0.39, 0.29) is 0 Å². The van der Waals surface area contributed by atoms with E-state index in [0.29, 0.717) is 44.0 Å². The summed E-state index contributed by atoms with van der Waals surface area (Å²) in [5, 5.41) is 7.36. The molecule has 3 rings (SSSR count). The van der Waals surface area contributed by atoms with Crippen LogP contribution in [0.5, 0.6) is 0 Å². The molecule has 2 aromatic heterocycles. The standard InChI is InChI=1S/C17H25N7O3/c1-12(20-16(25)27-17(2,3)4)13-21-15(23-8-10-26-11-9-23)22-24(13)14-18-6-5-7-19-14/h5-7,12H,8-11H2,1-4H3,(H,20,25)/t12-/m0/s1. The molecule has 1 N–H and O–H groups in total. The largest absolute Gasteiger partial charge is 0.444 e. The Labute approximate surface area is 157 Å². The molecular formula is C17H25N7O3. The van der Waals surface area contributed by atoms with Crippen molar-refractivity contribution in [3.8, 4) is 5.95 Å². The van der Waals surface area contributed by atoms with E-state index in [2.05, 4.69) is 25.4 Å². The number of carbonyl (C=O) groups is 1. The Hall–Kier alpha value is -2.75. The number of amides is 1. The highest BCUT2D eigenvalue weighted by Gasteiger charge is 2.25. The smallest absolute Gasteiger partial charge is 0.408 e. The summed E-state index contributed by atoms with van der Waals surface area (Å²) in [6.07, 6.45) is 2.74. The minimum absolute atomic E-state index is 0.386. The number of rotatable bonds is 4. The molecule has 1 atom stereocenters. The minimum Gasteiger partial charge on any atom is -0.444 e. The first kappa shape index (κ1) is 19.0. The maximum absolute atomic E-state index is 12.1. The van der Waals surface area contributed by atoms with Crippen LogP contribution in [0.15, 0.2) is 18.5 Å². The summed E-state index contributed by atoms with van der Waals surface area (Å²) in [7, 11) is 0. The lowest BCUT2D eigenvalue weighted by atomic mass is 10.2. The van der Waals surface area contributed by atoms with Crippen molar-refractivity contribution in [2.24, 2.45) is 0 Å². The van der Waals surface area contributed by atoms with E-state index in [1.54, 1.807) is 23.1 Å². The van der Waals surface area contributed by atoms with Gasteiger partial charge in [-0.1, -0.05) is 0 Å². The third-order valence-corrected chi connectivity index (χ3v) is 3.78. The van der Waals surface area contributed by atoms with E-state index >= 15 is 0 Å². The molecule has 3 heterocycles. The normalized spacial score (nSPS) is 16.1. The number of hydrogen-bond donors (Lipinski definition) is 1. The summed E-state index contributed by atoms with van der Waals surface area (Å²) in [4.78, 5) is 27.3. The number of nitrogens with one attached hydrogen (secondary N) is 1. The lowest BCUT2D eigenvalue weighted by Crippen LogP contribution is -2.37. The summed E-state index contributed by atoms with van der Waals surface area (Å²) in [5.41, 5.74) is -0.584. The molecule has 10 heteroatoms. The zero-order chi connectivity index (χ0) is 19.4. The Morgan fingerprint density at radius 3 is 2.52 bits per heavy atom. The fraction of sp³-hybridized carbons (Fsp3) is 0.588. The number of aromatic nitrogens is 5. The van der Waals surface area contributed by atoms with Crippen LogP contribution in [0.4, 0.5) is 10.7 Å². The highest BCUT2D eigenvalue weighted by Crippen LogP contribution is 2.19. The van der Waals surface area contributed by atoms with Gasteiger partial charge in [0.2, 0.25) is 5.95 Å². The average Bonchev–Trinajstić information content (AvgIpc) is 3.07. The highest BCUT2D eigenvalue weighted by atomic mass is 16.6. The first-order valence-corrected chi connectivity index (χ1v) is 8.90. The molecule has 0 saturated carbocycles. The van der Waals surface area contributed by atoms with Crippen LogP contribution in [-0.4, -0.2) is 62.7 Å². The molecule has 1 saturated heterocycles. The van der Waals surface area contributed by atoms with Gasteiger partial charge in [-0.3, -0.25) is 0 Å². The summed E-state index contributed by atoms with van der Waals surface area (Å²) in [5.74, 6) is 1.46. The summed E-state index contributed by atoms with van der Waals surface area (Å²) in [6, 6.07) is 1.27. The number of carbonyl (C=O) groups excluding carboxylic acids is 1. The summed E-state index contributed by atoms with van der Waals surface area (Å²) in [6.45, 7) is 9.90. The van der Waals surface area contributed by atoms with Crippen LogP contribution in [-0.2, 0) is 9.47 Å². The molecular weight excluding hydrogens is 350 g/mol. The number of nitrogens with zero attached hydrogens (tertiary/aromatic N) is 6. The Kier molecular flexibility index (Phi) is 5.54. The van der Waals surface area contributed by atoms with E-state index in [1.807, 2.05) is 32.6 Å². The molecule has 0 spiro atoms. The van der Waals surface area contributed by atoms with Crippen LogP contribution in [0.3, 0.4) is 0 Å². The zero-order valence-electron chi connectivity index (χ0n) is 16.0. The molecule has 1 fully saturated rings. The number of anilines is 1. The van der Waals surface area contributed by atoms with Crippen LogP contribution in [0.1, 0.15) is 39.6 Å². The third kappa shape index (κ3) is 4.91. The van der Waals surface area contributed by atoms with Gasteiger partial charge in [0, 0.05) is 25.5 Å². The fourth-order valence-corrected chi connectivity index (χ4v) is 2.59. The Morgan fingerprint density at radius 1 is 1.22 bits per heavy atom. The number of morpholine rings is 1. The zero-order valence-corrected chi connectivity index (χ0v) is 16.0.